The first-order chi connectivity index (χ1) is 6.33. The highest BCUT2D eigenvalue weighted by Gasteiger charge is 2.00. The van der Waals surface area contributed by atoms with Crippen LogP contribution in [0.3, 0.4) is 0 Å². The van der Waals surface area contributed by atoms with Gasteiger partial charge in [-0.05, 0) is 18.9 Å². The van der Waals surface area contributed by atoms with Gasteiger partial charge in [0.15, 0.2) is 0 Å². The molecule has 2 aromatic rings. The molecule has 3 heteroatoms. The van der Waals surface area contributed by atoms with Crippen molar-refractivity contribution < 1.29 is 0 Å². The van der Waals surface area contributed by atoms with Crippen LogP contribution in [0, 0.1) is 0 Å². The largest absolute Gasteiger partial charge is 0.383 e. The SMILES string of the molecule is C=Nc1cccc2c(N)nccc12. The van der Waals surface area contributed by atoms with E-state index in [9.17, 15) is 0 Å². The summed E-state index contributed by atoms with van der Waals surface area (Å²) < 4.78 is 0. The van der Waals surface area contributed by atoms with Gasteiger partial charge in [-0.3, -0.25) is 4.99 Å². The van der Waals surface area contributed by atoms with Gasteiger partial charge in [-0.25, -0.2) is 4.98 Å². The summed E-state index contributed by atoms with van der Waals surface area (Å²) in [7, 11) is 0. The van der Waals surface area contributed by atoms with Gasteiger partial charge in [-0.2, -0.15) is 0 Å². The van der Waals surface area contributed by atoms with Crippen LogP contribution in [0.1, 0.15) is 0 Å². The molecule has 1 heterocycles. The van der Waals surface area contributed by atoms with Crippen LogP contribution < -0.4 is 5.73 Å². The average Bonchev–Trinajstić information content (AvgIpc) is 2.18. The lowest BCUT2D eigenvalue weighted by Crippen LogP contribution is -1.90. The lowest BCUT2D eigenvalue weighted by molar-refractivity contribution is 1.37. The maximum absolute atomic E-state index is 5.71. The molecular weight excluding hydrogens is 162 g/mol. The molecule has 2 rings (SSSR count). The third kappa shape index (κ3) is 1.14. The van der Waals surface area contributed by atoms with Crippen LogP contribution in [0.5, 0.6) is 0 Å². The summed E-state index contributed by atoms with van der Waals surface area (Å²) in [6.45, 7) is 3.50. The minimum absolute atomic E-state index is 0.531. The molecule has 0 aliphatic carbocycles. The Hall–Kier alpha value is -1.90. The van der Waals surface area contributed by atoms with Gasteiger partial charge in [0.1, 0.15) is 5.82 Å². The van der Waals surface area contributed by atoms with E-state index in [4.69, 9.17) is 5.73 Å². The Morgan fingerprint density at radius 3 is 2.85 bits per heavy atom. The van der Waals surface area contributed by atoms with Crippen molar-refractivity contribution >= 4 is 29.0 Å². The number of aromatic nitrogens is 1. The maximum atomic E-state index is 5.71. The lowest BCUT2D eigenvalue weighted by atomic mass is 10.1. The highest BCUT2D eigenvalue weighted by molar-refractivity contribution is 5.98. The van der Waals surface area contributed by atoms with Crippen molar-refractivity contribution in [3.63, 3.8) is 0 Å². The summed E-state index contributed by atoms with van der Waals surface area (Å²) in [5.74, 6) is 0.531. The Morgan fingerprint density at radius 2 is 2.08 bits per heavy atom. The third-order valence-corrected chi connectivity index (χ3v) is 1.98. The molecule has 0 spiro atoms. The van der Waals surface area contributed by atoms with E-state index in [1.165, 1.54) is 0 Å². The molecule has 0 saturated heterocycles. The second-order valence-corrected chi connectivity index (χ2v) is 2.73. The lowest BCUT2D eigenvalue weighted by Gasteiger charge is -2.02. The summed E-state index contributed by atoms with van der Waals surface area (Å²) >= 11 is 0. The second kappa shape index (κ2) is 2.86. The number of aliphatic imine (C=N–C) groups is 1. The molecule has 2 N–H and O–H groups in total. The molecule has 0 atom stereocenters. The first-order valence-electron chi connectivity index (χ1n) is 3.93. The van der Waals surface area contributed by atoms with E-state index in [0.29, 0.717) is 5.82 Å². The molecule has 0 fully saturated rings. The summed E-state index contributed by atoms with van der Waals surface area (Å²) in [6.07, 6.45) is 1.67. The minimum atomic E-state index is 0.531. The molecule has 0 amide bonds. The van der Waals surface area contributed by atoms with E-state index in [-0.39, 0.29) is 0 Å². The number of hydrogen-bond donors (Lipinski definition) is 1. The number of fused-ring (bicyclic) bond motifs is 1. The summed E-state index contributed by atoms with van der Waals surface area (Å²) in [5.41, 5.74) is 6.55. The second-order valence-electron chi connectivity index (χ2n) is 2.73. The number of benzene rings is 1. The fourth-order valence-electron chi connectivity index (χ4n) is 1.35. The normalized spacial score (nSPS) is 10.2. The fourth-order valence-corrected chi connectivity index (χ4v) is 1.35. The van der Waals surface area contributed by atoms with Crippen LogP contribution in [-0.4, -0.2) is 11.7 Å². The molecule has 0 saturated carbocycles. The molecule has 13 heavy (non-hydrogen) atoms. The molecule has 0 aliphatic rings. The summed E-state index contributed by atoms with van der Waals surface area (Å²) in [6, 6.07) is 7.60. The Balaban J connectivity index is 2.92. The summed E-state index contributed by atoms with van der Waals surface area (Å²) in [5, 5.41) is 1.91. The topological polar surface area (TPSA) is 51.3 Å². The Bertz CT molecular complexity index is 463. The van der Waals surface area contributed by atoms with Crippen LogP contribution in [0.15, 0.2) is 35.5 Å². The quantitative estimate of drug-likeness (QED) is 0.668. The van der Waals surface area contributed by atoms with Crippen molar-refractivity contribution in [2.24, 2.45) is 4.99 Å². The van der Waals surface area contributed by atoms with Gasteiger partial charge >= 0.3 is 0 Å². The van der Waals surface area contributed by atoms with Crippen LogP contribution in [0.25, 0.3) is 10.8 Å². The monoisotopic (exact) mass is 171 g/mol. The van der Waals surface area contributed by atoms with Gasteiger partial charge in [0.05, 0.1) is 5.69 Å². The van der Waals surface area contributed by atoms with Gasteiger partial charge in [-0.15, -0.1) is 0 Å². The van der Waals surface area contributed by atoms with Gasteiger partial charge < -0.3 is 5.73 Å². The van der Waals surface area contributed by atoms with Crippen molar-refractivity contribution in [3.8, 4) is 0 Å². The molecular formula is C10H9N3. The number of pyridine rings is 1. The highest BCUT2D eigenvalue weighted by Crippen LogP contribution is 2.27. The standard InChI is InChI=1S/C10H9N3/c1-12-9-4-2-3-8-7(9)5-6-13-10(8)11/h2-6H,1H2,(H2,11,13). The molecule has 0 aliphatic heterocycles. The minimum Gasteiger partial charge on any atom is -0.383 e. The molecule has 64 valence electrons. The average molecular weight is 171 g/mol. The molecule has 3 nitrogen and oxygen atoms in total. The molecule has 0 unspecified atom stereocenters. The number of nitrogens with zero attached hydrogens (tertiary/aromatic N) is 2. The zero-order valence-electron chi connectivity index (χ0n) is 7.07. The first kappa shape index (κ1) is 7.73. The van der Waals surface area contributed by atoms with Crippen LogP contribution in [-0.2, 0) is 0 Å². The van der Waals surface area contributed by atoms with E-state index in [0.717, 1.165) is 16.5 Å². The van der Waals surface area contributed by atoms with E-state index in [2.05, 4.69) is 16.7 Å². The summed E-state index contributed by atoms with van der Waals surface area (Å²) in [4.78, 5) is 7.90. The van der Waals surface area contributed by atoms with Gasteiger partial charge in [-0.1, -0.05) is 12.1 Å². The molecule has 1 aromatic heterocycles. The highest BCUT2D eigenvalue weighted by atomic mass is 14.8. The van der Waals surface area contributed by atoms with Crippen molar-refractivity contribution in [3.05, 3.63) is 30.5 Å². The Labute approximate surface area is 75.9 Å². The van der Waals surface area contributed by atoms with E-state index in [1.54, 1.807) is 6.20 Å². The maximum Gasteiger partial charge on any atom is 0.131 e. The van der Waals surface area contributed by atoms with Crippen molar-refractivity contribution in [1.29, 1.82) is 0 Å². The Morgan fingerprint density at radius 1 is 1.23 bits per heavy atom. The van der Waals surface area contributed by atoms with Crippen LogP contribution in [0.4, 0.5) is 11.5 Å². The van der Waals surface area contributed by atoms with Gasteiger partial charge in [0.25, 0.3) is 0 Å². The zero-order chi connectivity index (χ0) is 9.26. The number of anilines is 1. The van der Waals surface area contributed by atoms with Crippen LogP contribution >= 0.6 is 0 Å². The number of nitrogen functional groups attached to an aromatic ring is 1. The van der Waals surface area contributed by atoms with E-state index in [1.807, 2.05) is 24.3 Å². The number of rotatable bonds is 1. The third-order valence-electron chi connectivity index (χ3n) is 1.98. The van der Waals surface area contributed by atoms with Crippen molar-refractivity contribution in [2.75, 3.05) is 5.73 Å². The zero-order valence-corrected chi connectivity index (χ0v) is 7.07. The predicted octanol–water partition coefficient (Wildman–Crippen LogP) is 2.15. The van der Waals surface area contributed by atoms with Gasteiger partial charge in [0.2, 0.25) is 0 Å². The molecule has 1 aromatic carbocycles. The molecule has 0 bridgehead atoms. The van der Waals surface area contributed by atoms with Gasteiger partial charge in [0, 0.05) is 17.0 Å². The number of hydrogen-bond acceptors (Lipinski definition) is 3. The molecule has 0 radical (unpaired) electrons. The van der Waals surface area contributed by atoms with E-state index < -0.39 is 0 Å². The van der Waals surface area contributed by atoms with Crippen molar-refractivity contribution in [1.82, 2.24) is 4.98 Å². The van der Waals surface area contributed by atoms with Crippen molar-refractivity contribution in [2.45, 2.75) is 0 Å². The van der Waals surface area contributed by atoms with E-state index >= 15 is 0 Å². The fraction of sp³-hybridized carbons (Fsp3) is 0. The Kier molecular flexibility index (Phi) is 1.70. The first-order valence-corrected chi connectivity index (χ1v) is 3.93. The van der Waals surface area contributed by atoms with Crippen LogP contribution in [0.2, 0.25) is 0 Å². The number of nitrogens with two attached hydrogens (primary N) is 1. The smallest absolute Gasteiger partial charge is 0.131 e. The predicted molar refractivity (Wildman–Crippen MR) is 55.4 cm³/mol.